The molecular formula is C32H31O5PrS2Si. The summed E-state index contributed by atoms with van der Waals surface area (Å²) in [7, 11) is -1.15. The maximum Gasteiger partial charge on any atom is 0.340 e. The molecule has 0 aliphatic carbocycles. The summed E-state index contributed by atoms with van der Waals surface area (Å²) in [4.78, 5) is 26.7. The zero-order valence-electron chi connectivity index (χ0n) is 23.3. The Labute approximate surface area is 285 Å². The Kier molecular flexibility index (Phi) is 11.0. The molecule has 0 amide bonds. The molecule has 0 aliphatic rings. The fraction of sp³-hybridized carbons (Fsp3) is 0.250. The van der Waals surface area contributed by atoms with Gasteiger partial charge in [-0.3, -0.25) is 0 Å². The first kappa shape index (κ1) is 32.1. The second kappa shape index (κ2) is 14.1. The Morgan fingerprint density at radius 2 is 1.44 bits per heavy atom. The maximum atomic E-state index is 13.1. The quantitative estimate of drug-likeness (QED) is 0.0922. The molecule has 0 N–H and O–H groups in total. The molecular weight excluding hydrogens is 697 g/mol. The molecule has 2 aromatic heterocycles. The number of thiol groups is 2. The first-order valence-corrected chi connectivity index (χ1v) is 15.9. The Hall–Kier alpha value is -1.84. The van der Waals surface area contributed by atoms with Crippen LogP contribution in [0.15, 0.2) is 94.9 Å². The topological polar surface area (TPSA) is 69.7 Å². The van der Waals surface area contributed by atoms with Gasteiger partial charge in [0.15, 0.2) is 0 Å². The molecule has 41 heavy (non-hydrogen) atoms. The van der Waals surface area contributed by atoms with Crippen LogP contribution in [0.5, 0.6) is 5.75 Å². The monoisotopic (exact) mass is 728 g/mol. The molecule has 2 heterocycles. The van der Waals surface area contributed by atoms with Crippen molar-refractivity contribution in [3.05, 3.63) is 110 Å². The number of aryl methyl sites for hydroxylation is 2. The second-order valence-corrected chi connectivity index (χ2v) is 14.0. The third-order valence-corrected chi connectivity index (χ3v) is 10.7. The van der Waals surface area contributed by atoms with E-state index in [1.165, 1.54) is 11.1 Å². The summed E-state index contributed by atoms with van der Waals surface area (Å²) >= 11 is 9.26. The Bertz CT molecular complexity index is 1800. The molecule has 3 aromatic carbocycles. The standard InChI is InChI=1S/C32H31O5S2Si.Pr/c1-19(2)40(16-6-7-21-12-10-20(3)11-13-21)37-22-14-15-24-28(17-22)36-32(34)26(30(24)39)18-25-29(38)23-8-4-5-9-27(23)35-31(25)33;/h4-5,8-15,17,19,38-39H,6-7,16,18H2,1-3H3;. The maximum absolute atomic E-state index is 13.1. The summed E-state index contributed by atoms with van der Waals surface area (Å²) in [6.45, 7) is 6.49. The van der Waals surface area contributed by atoms with Crippen LogP contribution in [-0.4, -0.2) is 9.04 Å². The predicted molar refractivity (Wildman–Crippen MR) is 168 cm³/mol. The smallest absolute Gasteiger partial charge is 0.340 e. The van der Waals surface area contributed by atoms with Crippen molar-refractivity contribution in [2.45, 2.75) is 61.4 Å². The van der Waals surface area contributed by atoms with Crippen LogP contribution in [0, 0.1) is 48.2 Å². The van der Waals surface area contributed by atoms with Crippen molar-refractivity contribution in [2.75, 3.05) is 0 Å². The first-order chi connectivity index (χ1) is 19.2. The second-order valence-electron chi connectivity index (χ2n) is 10.3. The van der Waals surface area contributed by atoms with E-state index in [0.29, 0.717) is 48.6 Å². The van der Waals surface area contributed by atoms with Crippen LogP contribution in [0.4, 0.5) is 0 Å². The van der Waals surface area contributed by atoms with Gasteiger partial charge in [-0.1, -0.05) is 61.9 Å². The van der Waals surface area contributed by atoms with E-state index in [2.05, 4.69) is 70.3 Å². The SMILES string of the molecule is Cc1ccc(CCC[Si](Oc2ccc3c(S)c(Cc4c(S)c5ccccc5oc4=O)c(=O)oc3c2)C(C)C)cc1.[Pr]. The number of para-hydroxylation sites is 1. The zero-order valence-corrected chi connectivity index (χ0v) is 29.8. The van der Waals surface area contributed by atoms with Crippen LogP contribution < -0.4 is 15.7 Å². The van der Waals surface area contributed by atoms with Crippen molar-refractivity contribution in [2.24, 2.45) is 0 Å². The average Bonchev–Trinajstić information content (AvgIpc) is 2.93. The molecule has 0 atom stereocenters. The molecule has 2 radical (unpaired) electrons. The molecule has 0 bridgehead atoms. The van der Waals surface area contributed by atoms with Crippen molar-refractivity contribution in [1.82, 2.24) is 0 Å². The summed E-state index contributed by atoms with van der Waals surface area (Å²) < 4.78 is 17.7. The Morgan fingerprint density at radius 3 is 2.10 bits per heavy atom. The predicted octanol–water partition coefficient (Wildman–Crippen LogP) is 7.79. The molecule has 0 aliphatic heterocycles. The van der Waals surface area contributed by atoms with E-state index in [1.807, 2.05) is 24.3 Å². The van der Waals surface area contributed by atoms with E-state index >= 15 is 0 Å². The summed E-state index contributed by atoms with van der Waals surface area (Å²) in [5.41, 5.74) is 3.35. The minimum absolute atomic E-state index is 0. The van der Waals surface area contributed by atoms with E-state index in [4.69, 9.17) is 13.3 Å². The van der Waals surface area contributed by atoms with Crippen molar-refractivity contribution >= 4 is 56.2 Å². The molecule has 0 fully saturated rings. The van der Waals surface area contributed by atoms with E-state index in [-0.39, 0.29) is 53.3 Å². The molecule has 5 nitrogen and oxygen atoms in total. The van der Waals surface area contributed by atoms with E-state index in [1.54, 1.807) is 18.2 Å². The number of benzene rings is 3. The molecule has 0 spiro atoms. The third kappa shape index (κ3) is 7.39. The fourth-order valence-electron chi connectivity index (χ4n) is 4.76. The molecule has 0 saturated carbocycles. The van der Waals surface area contributed by atoms with Crippen LogP contribution in [0.3, 0.4) is 0 Å². The van der Waals surface area contributed by atoms with Gasteiger partial charge in [-0.05, 0) is 55.1 Å². The molecule has 0 unspecified atom stereocenters. The minimum atomic E-state index is -1.15. The normalized spacial score (nSPS) is 11.4. The summed E-state index contributed by atoms with van der Waals surface area (Å²) in [5.74, 6) is 0.682. The molecule has 5 rings (SSSR count). The Balaban J connectivity index is 0.00000387. The van der Waals surface area contributed by atoms with Crippen molar-refractivity contribution < 1.29 is 54.6 Å². The van der Waals surface area contributed by atoms with Gasteiger partial charge in [0.2, 0.25) is 0 Å². The molecule has 9 heteroatoms. The van der Waals surface area contributed by atoms with Crippen LogP contribution in [-0.2, 0) is 12.8 Å². The minimum Gasteiger partial charge on any atom is -0.542 e. The average molecular weight is 729 g/mol. The van der Waals surface area contributed by atoms with E-state index < -0.39 is 20.3 Å². The van der Waals surface area contributed by atoms with Crippen molar-refractivity contribution in [1.29, 1.82) is 0 Å². The van der Waals surface area contributed by atoms with Gasteiger partial charge in [-0.25, -0.2) is 9.59 Å². The zero-order chi connectivity index (χ0) is 28.4. The fourth-order valence-corrected chi connectivity index (χ4v) is 7.34. The number of hydrogen-bond donors (Lipinski definition) is 2. The van der Waals surface area contributed by atoms with Crippen LogP contribution in [0.2, 0.25) is 11.6 Å². The van der Waals surface area contributed by atoms with Crippen LogP contribution in [0.25, 0.3) is 21.9 Å². The van der Waals surface area contributed by atoms with Gasteiger partial charge in [0.05, 0.1) is 11.1 Å². The largest absolute Gasteiger partial charge is 0.542 e. The van der Waals surface area contributed by atoms with Crippen LogP contribution >= 0.6 is 25.3 Å². The summed E-state index contributed by atoms with van der Waals surface area (Å²) in [6.07, 6.45) is 2.08. The van der Waals surface area contributed by atoms with Gasteiger partial charge < -0.3 is 13.3 Å². The first-order valence-electron chi connectivity index (χ1n) is 13.3. The number of rotatable bonds is 9. The molecule has 208 valence electrons. The third-order valence-electron chi connectivity index (χ3n) is 7.08. The van der Waals surface area contributed by atoms with Gasteiger partial charge in [0.1, 0.15) is 16.9 Å². The molecule has 0 saturated heterocycles. The van der Waals surface area contributed by atoms with Gasteiger partial charge in [-0.2, -0.15) is 0 Å². The summed E-state index contributed by atoms with van der Waals surface area (Å²) in [5, 5.41) is 1.38. The van der Waals surface area contributed by atoms with Gasteiger partial charge in [0, 0.05) is 74.3 Å². The molecule has 5 aromatic rings. The van der Waals surface area contributed by atoms with Crippen molar-refractivity contribution in [3.8, 4) is 5.75 Å². The van der Waals surface area contributed by atoms with Crippen molar-refractivity contribution in [3.63, 3.8) is 0 Å². The van der Waals surface area contributed by atoms with Gasteiger partial charge in [0.25, 0.3) is 9.04 Å². The van der Waals surface area contributed by atoms with Crippen LogP contribution in [0.1, 0.15) is 42.5 Å². The number of fused-ring (bicyclic) bond motifs is 2. The van der Waals surface area contributed by atoms with E-state index in [9.17, 15) is 9.59 Å². The van der Waals surface area contributed by atoms with E-state index in [0.717, 1.165) is 18.9 Å². The number of hydrogen-bond acceptors (Lipinski definition) is 7. The Morgan fingerprint density at radius 1 is 0.829 bits per heavy atom. The van der Waals surface area contributed by atoms with Gasteiger partial charge in [-0.15, -0.1) is 25.3 Å². The summed E-state index contributed by atoms with van der Waals surface area (Å²) in [6, 6.07) is 22.4. The van der Waals surface area contributed by atoms with Gasteiger partial charge >= 0.3 is 11.3 Å².